The van der Waals surface area contributed by atoms with E-state index in [1.165, 1.54) is 25.4 Å². The number of nitro groups is 1. The predicted molar refractivity (Wildman–Crippen MR) is 137 cm³/mol. The van der Waals surface area contributed by atoms with E-state index in [-0.39, 0.29) is 24.8 Å². The van der Waals surface area contributed by atoms with Crippen LogP contribution in [-0.4, -0.2) is 58.5 Å². The number of aliphatic hydroxyl groups excluding tert-OH is 1. The van der Waals surface area contributed by atoms with Gasteiger partial charge in [0.15, 0.2) is 0 Å². The summed E-state index contributed by atoms with van der Waals surface area (Å²) in [4.78, 5) is 21.8. The Hall–Kier alpha value is -4.09. The molecule has 1 aliphatic rings. The number of nitrogens with one attached hydrogen (secondary N) is 1. The second-order valence-electron chi connectivity index (χ2n) is 8.20. The number of nitrogens with zero attached hydrogens (tertiary/aromatic N) is 5. The normalized spacial score (nSPS) is 12.3. The van der Waals surface area contributed by atoms with Crippen LogP contribution in [0.5, 0.6) is 11.5 Å². The van der Waals surface area contributed by atoms with E-state index in [1.807, 2.05) is 24.4 Å². The molecular formula is C24H23ClN6O5. The van der Waals surface area contributed by atoms with Gasteiger partial charge in [-0.1, -0.05) is 23.7 Å². The summed E-state index contributed by atoms with van der Waals surface area (Å²) in [6.07, 6.45) is 3.48. The molecule has 4 aromatic rings. The fourth-order valence-corrected chi connectivity index (χ4v) is 4.54. The average molecular weight is 511 g/mol. The summed E-state index contributed by atoms with van der Waals surface area (Å²) in [6.45, 7) is 1.36. The Labute approximate surface area is 211 Å². The molecule has 0 saturated carbocycles. The fourth-order valence-electron chi connectivity index (χ4n) is 4.34. The zero-order chi connectivity index (χ0) is 25.4. The molecule has 0 bridgehead atoms. The van der Waals surface area contributed by atoms with Gasteiger partial charge in [-0.2, -0.15) is 0 Å². The van der Waals surface area contributed by atoms with Crippen LogP contribution in [0.2, 0.25) is 5.02 Å². The fraction of sp³-hybridized carbons (Fsp3) is 0.250. The molecule has 0 unspecified atom stereocenters. The molecule has 0 aliphatic carbocycles. The number of halogens is 1. The van der Waals surface area contributed by atoms with Gasteiger partial charge in [-0.25, -0.2) is 9.97 Å². The number of likely N-dealkylation sites (N-methyl/N-ethyl adjacent to an activating group) is 1. The molecule has 1 aliphatic heterocycles. The molecule has 0 amide bonds. The van der Waals surface area contributed by atoms with Gasteiger partial charge in [-0.05, 0) is 6.07 Å². The number of nitro benzene ring substituents is 1. The molecule has 2 aromatic heterocycles. The molecule has 2 aromatic carbocycles. The maximum Gasteiger partial charge on any atom is 0.294 e. The van der Waals surface area contributed by atoms with Crippen LogP contribution in [0.4, 0.5) is 23.0 Å². The number of para-hydroxylation sites is 1. The van der Waals surface area contributed by atoms with Gasteiger partial charge in [0, 0.05) is 42.9 Å². The smallest absolute Gasteiger partial charge is 0.294 e. The Morgan fingerprint density at radius 3 is 2.97 bits per heavy atom. The zero-order valence-electron chi connectivity index (χ0n) is 19.6. The number of anilines is 3. The monoisotopic (exact) mass is 510 g/mol. The third-order valence-electron chi connectivity index (χ3n) is 6.04. The van der Waals surface area contributed by atoms with Gasteiger partial charge in [0.25, 0.3) is 5.69 Å². The van der Waals surface area contributed by atoms with E-state index in [0.717, 1.165) is 22.2 Å². The third kappa shape index (κ3) is 4.12. The summed E-state index contributed by atoms with van der Waals surface area (Å²) < 4.78 is 13.4. The van der Waals surface area contributed by atoms with Crippen molar-refractivity contribution in [1.29, 1.82) is 0 Å². The topological polar surface area (TPSA) is 128 Å². The number of methoxy groups -OCH3 is 1. The van der Waals surface area contributed by atoms with Crippen LogP contribution in [0.1, 0.15) is 0 Å². The lowest BCUT2D eigenvalue weighted by molar-refractivity contribution is -0.384. The molecule has 2 N–H and O–H groups in total. The number of aromatic nitrogens is 3. The molecule has 0 fully saturated rings. The lowest BCUT2D eigenvalue weighted by Crippen LogP contribution is -2.22. The highest BCUT2D eigenvalue weighted by Crippen LogP contribution is 2.41. The lowest BCUT2D eigenvalue weighted by atomic mass is 10.1. The van der Waals surface area contributed by atoms with E-state index in [2.05, 4.69) is 19.9 Å². The van der Waals surface area contributed by atoms with Crippen LogP contribution in [0, 0.1) is 10.1 Å². The average Bonchev–Trinajstić information content (AvgIpc) is 3.25. The molecule has 0 atom stereocenters. The SMILES string of the molecule is COc1cc(N(C)CCO)c([N+](=O)[O-])cc1Nc1ncc(Cl)c(-c2cn3c4c(cccc24)OCC3)n1. The molecule has 3 heterocycles. The second kappa shape index (κ2) is 9.51. The van der Waals surface area contributed by atoms with Crippen molar-refractivity contribution in [3.05, 3.63) is 57.9 Å². The molecule has 5 rings (SSSR count). The van der Waals surface area contributed by atoms with Crippen molar-refractivity contribution in [2.75, 3.05) is 44.1 Å². The Kier molecular flexibility index (Phi) is 6.25. The first-order valence-corrected chi connectivity index (χ1v) is 11.5. The molecule has 0 radical (unpaired) electrons. The van der Waals surface area contributed by atoms with Crippen LogP contribution >= 0.6 is 11.6 Å². The van der Waals surface area contributed by atoms with Crippen molar-refractivity contribution < 1.29 is 19.5 Å². The van der Waals surface area contributed by atoms with Gasteiger partial charge in [0.2, 0.25) is 5.95 Å². The maximum atomic E-state index is 11.8. The van der Waals surface area contributed by atoms with Crippen molar-refractivity contribution in [2.45, 2.75) is 6.54 Å². The van der Waals surface area contributed by atoms with Gasteiger partial charge < -0.3 is 29.4 Å². The van der Waals surface area contributed by atoms with Crippen molar-refractivity contribution in [1.82, 2.24) is 14.5 Å². The van der Waals surface area contributed by atoms with Crippen LogP contribution in [0.3, 0.4) is 0 Å². The number of benzene rings is 2. The lowest BCUT2D eigenvalue weighted by Gasteiger charge is -2.20. The van der Waals surface area contributed by atoms with E-state index in [0.29, 0.717) is 41.0 Å². The quantitative estimate of drug-likeness (QED) is 0.264. The van der Waals surface area contributed by atoms with Crippen LogP contribution in [-0.2, 0) is 6.54 Å². The molecule has 36 heavy (non-hydrogen) atoms. The summed E-state index contributed by atoms with van der Waals surface area (Å²) in [5, 5.41) is 25.4. The number of rotatable bonds is 8. The van der Waals surface area contributed by atoms with E-state index >= 15 is 0 Å². The molecule has 11 nitrogen and oxygen atoms in total. The highest BCUT2D eigenvalue weighted by molar-refractivity contribution is 6.33. The minimum Gasteiger partial charge on any atom is -0.494 e. The van der Waals surface area contributed by atoms with E-state index in [4.69, 9.17) is 21.1 Å². The first-order chi connectivity index (χ1) is 17.4. The summed E-state index contributed by atoms with van der Waals surface area (Å²) in [6, 6.07) is 8.73. The van der Waals surface area contributed by atoms with E-state index < -0.39 is 4.92 Å². The standard InChI is InChI=1S/C24H23ClN6O5/c1-29(6-8-32)18-11-21(35-2)17(10-19(18)31(33)34)27-24-26-12-16(25)22(28-24)15-13-30-7-9-36-20-5-3-4-14(15)23(20)30/h3-5,10-13,32H,6-9H2,1-2H3,(H,26,27,28). The van der Waals surface area contributed by atoms with E-state index in [1.54, 1.807) is 11.9 Å². The Balaban J connectivity index is 1.57. The zero-order valence-corrected chi connectivity index (χ0v) is 20.3. The number of hydrogen-bond acceptors (Lipinski definition) is 9. The number of ether oxygens (including phenoxy) is 2. The largest absolute Gasteiger partial charge is 0.494 e. The number of hydrogen-bond donors (Lipinski definition) is 2. The highest BCUT2D eigenvalue weighted by Gasteiger charge is 2.24. The van der Waals surface area contributed by atoms with E-state index in [9.17, 15) is 15.2 Å². The number of aliphatic hydroxyl groups is 1. The van der Waals surface area contributed by atoms with Crippen molar-refractivity contribution in [3.8, 4) is 22.8 Å². The second-order valence-corrected chi connectivity index (χ2v) is 8.60. The highest BCUT2D eigenvalue weighted by atomic mass is 35.5. The van der Waals surface area contributed by atoms with Crippen LogP contribution in [0.15, 0.2) is 42.7 Å². The van der Waals surface area contributed by atoms with Crippen LogP contribution in [0.25, 0.3) is 22.2 Å². The minimum atomic E-state index is -0.488. The van der Waals surface area contributed by atoms with Gasteiger partial charge in [-0.3, -0.25) is 10.1 Å². The van der Waals surface area contributed by atoms with Gasteiger partial charge >= 0.3 is 0 Å². The van der Waals surface area contributed by atoms with Crippen LogP contribution < -0.4 is 19.7 Å². The van der Waals surface area contributed by atoms with Crippen molar-refractivity contribution >= 4 is 45.5 Å². The third-order valence-corrected chi connectivity index (χ3v) is 6.31. The molecule has 0 spiro atoms. The summed E-state index contributed by atoms with van der Waals surface area (Å²) >= 11 is 6.52. The predicted octanol–water partition coefficient (Wildman–Crippen LogP) is 4.23. The Bertz CT molecular complexity index is 1470. The molecule has 12 heteroatoms. The van der Waals surface area contributed by atoms with Crippen molar-refractivity contribution in [2.24, 2.45) is 0 Å². The molecule has 186 valence electrons. The maximum absolute atomic E-state index is 11.8. The van der Waals surface area contributed by atoms with Gasteiger partial charge in [0.05, 0.1) is 53.3 Å². The molecular weight excluding hydrogens is 488 g/mol. The van der Waals surface area contributed by atoms with Gasteiger partial charge in [0.1, 0.15) is 23.8 Å². The summed E-state index contributed by atoms with van der Waals surface area (Å²) in [5.41, 5.74) is 2.79. The molecule has 0 saturated heterocycles. The van der Waals surface area contributed by atoms with Crippen molar-refractivity contribution in [3.63, 3.8) is 0 Å². The first-order valence-electron chi connectivity index (χ1n) is 11.1. The summed E-state index contributed by atoms with van der Waals surface area (Å²) in [5.74, 6) is 1.35. The first kappa shape index (κ1) is 23.6. The minimum absolute atomic E-state index is 0.151. The van der Waals surface area contributed by atoms with Gasteiger partial charge in [-0.15, -0.1) is 0 Å². The summed E-state index contributed by atoms with van der Waals surface area (Å²) in [7, 11) is 3.12. The Morgan fingerprint density at radius 1 is 1.39 bits per heavy atom. The Morgan fingerprint density at radius 2 is 2.22 bits per heavy atom.